The molecule has 0 aliphatic rings. The van der Waals surface area contributed by atoms with Gasteiger partial charge in [-0.15, -0.1) is 10.2 Å². The van der Waals surface area contributed by atoms with Crippen LogP contribution in [0.25, 0.3) is 0 Å². The highest BCUT2D eigenvalue weighted by atomic mass is 19.1. The van der Waals surface area contributed by atoms with Gasteiger partial charge in [0.05, 0.1) is 0 Å². The fraction of sp³-hybridized carbons (Fsp3) is 0.250. The summed E-state index contributed by atoms with van der Waals surface area (Å²) in [5.74, 6) is -0.0775. The smallest absolute Gasteiger partial charge is 0.253 e. The Bertz CT molecular complexity index is 580. The SMILES string of the molecule is CC(=O)c1ccc(OCc2nnc(C)o2)c(F)c1. The van der Waals surface area contributed by atoms with Gasteiger partial charge in [-0.25, -0.2) is 4.39 Å². The molecular formula is C12H11FN2O3. The third-order valence-electron chi connectivity index (χ3n) is 2.26. The summed E-state index contributed by atoms with van der Waals surface area (Å²) in [6.45, 7) is 3.01. The zero-order chi connectivity index (χ0) is 13.1. The Kier molecular flexibility index (Phi) is 3.36. The van der Waals surface area contributed by atoms with E-state index in [1.165, 1.54) is 19.1 Å². The van der Waals surface area contributed by atoms with Crippen LogP contribution >= 0.6 is 0 Å². The van der Waals surface area contributed by atoms with Gasteiger partial charge in [0.15, 0.2) is 24.0 Å². The molecule has 0 unspecified atom stereocenters. The van der Waals surface area contributed by atoms with Gasteiger partial charge in [0.1, 0.15) is 0 Å². The zero-order valence-electron chi connectivity index (χ0n) is 9.94. The van der Waals surface area contributed by atoms with Crippen LogP contribution in [0, 0.1) is 12.7 Å². The molecule has 5 nitrogen and oxygen atoms in total. The molecule has 0 saturated heterocycles. The fourth-order valence-corrected chi connectivity index (χ4v) is 1.37. The number of rotatable bonds is 4. The van der Waals surface area contributed by atoms with Crippen LogP contribution < -0.4 is 4.74 Å². The Morgan fingerprint density at radius 2 is 2.22 bits per heavy atom. The Morgan fingerprint density at radius 1 is 1.44 bits per heavy atom. The number of carbonyl (C=O) groups excluding carboxylic acids is 1. The number of carbonyl (C=O) groups is 1. The highest BCUT2D eigenvalue weighted by molar-refractivity contribution is 5.94. The molecule has 0 fully saturated rings. The van der Waals surface area contributed by atoms with Gasteiger partial charge in [0.25, 0.3) is 5.89 Å². The molecule has 0 saturated carbocycles. The predicted octanol–water partition coefficient (Wildman–Crippen LogP) is 2.30. The Hall–Kier alpha value is -2.24. The van der Waals surface area contributed by atoms with Crippen LogP contribution in [-0.2, 0) is 6.61 Å². The maximum Gasteiger partial charge on any atom is 0.253 e. The Morgan fingerprint density at radius 3 is 2.78 bits per heavy atom. The van der Waals surface area contributed by atoms with Crippen molar-refractivity contribution < 1.29 is 18.3 Å². The van der Waals surface area contributed by atoms with E-state index in [1.807, 2.05) is 0 Å². The van der Waals surface area contributed by atoms with Crippen LogP contribution in [0.15, 0.2) is 22.6 Å². The molecule has 0 aliphatic heterocycles. The van der Waals surface area contributed by atoms with Gasteiger partial charge in [0.2, 0.25) is 5.89 Å². The molecule has 0 spiro atoms. The molecule has 1 aromatic heterocycles. The molecule has 0 atom stereocenters. The number of ketones is 1. The first-order valence-electron chi connectivity index (χ1n) is 5.28. The van der Waals surface area contributed by atoms with E-state index in [4.69, 9.17) is 9.15 Å². The molecule has 1 heterocycles. The lowest BCUT2D eigenvalue weighted by Crippen LogP contribution is -2.00. The largest absolute Gasteiger partial charge is 0.481 e. The first kappa shape index (κ1) is 12.2. The van der Waals surface area contributed by atoms with Crippen LogP contribution in [0.3, 0.4) is 0 Å². The standard InChI is InChI=1S/C12H11FN2O3/c1-7(16)9-3-4-11(10(13)5-9)17-6-12-15-14-8(2)18-12/h3-5H,6H2,1-2H3. The van der Waals surface area contributed by atoms with Crippen LogP contribution in [-0.4, -0.2) is 16.0 Å². The van der Waals surface area contributed by atoms with Crippen LogP contribution in [0.2, 0.25) is 0 Å². The third-order valence-corrected chi connectivity index (χ3v) is 2.26. The molecule has 2 aromatic rings. The number of halogens is 1. The van der Waals surface area contributed by atoms with Gasteiger partial charge in [0, 0.05) is 12.5 Å². The van der Waals surface area contributed by atoms with Gasteiger partial charge in [-0.3, -0.25) is 4.79 Å². The minimum absolute atomic E-state index is 0.0167. The topological polar surface area (TPSA) is 65.2 Å². The van der Waals surface area contributed by atoms with Gasteiger partial charge >= 0.3 is 0 Å². The van der Waals surface area contributed by atoms with E-state index in [2.05, 4.69) is 10.2 Å². The van der Waals surface area contributed by atoms with Crippen molar-refractivity contribution >= 4 is 5.78 Å². The van der Waals surface area contributed by atoms with E-state index >= 15 is 0 Å². The molecule has 0 bridgehead atoms. The Labute approximate surface area is 103 Å². The summed E-state index contributed by atoms with van der Waals surface area (Å²) < 4.78 is 23.8. The lowest BCUT2D eigenvalue weighted by molar-refractivity contribution is 0.101. The summed E-state index contributed by atoms with van der Waals surface area (Å²) in [5, 5.41) is 7.34. The molecule has 0 radical (unpaired) electrons. The number of aryl methyl sites for hydroxylation is 1. The second-order valence-corrected chi connectivity index (χ2v) is 3.70. The maximum atomic E-state index is 13.6. The first-order valence-corrected chi connectivity index (χ1v) is 5.28. The second kappa shape index (κ2) is 4.95. The second-order valence-electron chi connectivity index (χ2n) is 3.70. The summed E-state index contributed by atoms with van der Waals surface area (Å²) >= 11 is 0. The van der Waals surface area contributed by atoms with Gasteiger partial charge in [-0.05, 0) is 25.1 Å². The van der Waals surface area contributed by atoms with E-state index in [-0.39, 0.29) is 24.0 Å². The number of benzene rings is 1. The van der Waals surface area contributed by atoms with E-state index in [1.54, 1.807) is 6.92 Å². The van der Waals surface area contributed by atoms with Crippen LogP contribution in [0.1, 0.15) is 29.1 Å². The molecule has 0 N–H and O–H groups in total. The minimum Gasteiger partial charge on any atom is -0.481 e. The molecule has 94 valence electrons. The lowest BCUT2D eigenvalue weighted by Gasteiger charge is -2.05. The molecular weight excluding hydrogens is 239 g/mol. The van der Waals surface area contributed by atoms with E-state index < -0.39 is 5.82 Å². The highest BCUT2D eigenvalue weighted by Crippen LogP contribution is 2.19. The summed E-state index contributed by atoms with van der Waals surface area (Å²) in [6, 6.07) is 4.03. The minimum atomic E-state index is -0.598. The number of aromatic nitrogens is 2. The van der Waals surface area contributed by atoms with Crippen molar-refractivity contribution in [2.75, 3.05) is 0 Å². The van der Waals surface area contributed by atoms with Gasteiger partial charge in [-0.1, -0.05) is 0 Å². The first-order chi connectivity index (χ1) is 8.56. The third kappa shape index (κ3) is 2.71. The van der Waals surface area contributed by atoms with E-state index in [9.17, 15) is 9.18 Å². The number of nitrogens with zero attached hydrogens (tertiary/aromatic N) is 2. The molecule has 0 aliphatic carbocycles. The molecule has 0 amide bonds. The average Bonchev–Trinajstić information content (AvgIpc) is 2.73. The number of ether oxygens (including phenoxy) is 1. The molecule has 6 heteroatoms. The zero-order valence-corrected chi connectivity index (χ0v) is 9.94. The molecule has 1 aromatic carbocycles. The molecule has 18 heavy (non-hydrogen) atoms. The maximum absolute atomic E-state index is 13.6. The van der Waals surface area contributed by atoms with Crippen LogP contribution in [0.4, 0.5) is 4.39 Å². The number of Topliss-reactive ketones (excluding diaryl/α,β-unsaturated/α-hetero) is 1. The van der Waals surface area contributed by atoms with E-state index in [0.717, 1.165) is 6.07 Å². The van der Waals surface area contributed by atoms with Crippen molar-refractivity contribution in [3.8, 4) is 5.75 Å². The summed E-state index contributed by atoms with van der Waals surface area (Å²) in [5.41, 5.74) is 0.300. The Balaban J connectivity index is 2.08. The molecule has 2 rings (SSSR count). The van der Waals surface area contributed by atoms with E-state index in [0.29, 0.717) is 11.5 Å². The fourth-order valence-electron chi connectivity index (χ4n) is 1.37. The van der Waals surface area contributed by atoms with Crippen molar-refractivity contribution in [3.63, 3.8) is 0 Å². The predicted molar refractivity (Wildman–Crippen MR) is 59.8 cm³/mol. The van der Waals surface area contributed by atoms with Gasteiger partial charge in [-0.2, -0.15) is 0 Å². The summed E-state index contributed by atoms with van der Waals surface area (Å²) in [7, 11) is 0. The summed E-state index contributed by atoms with van der Waals surface area (Å²) in [6.07, 6.45) is 0. The number of hydrogen-bond acceptors (Lipinski definition) is 5. The summed E-state index contributed by atoms with van der Waals surface area (Å²) in [4.78, 5) is 11.1. The van der Waals surface area contributed by atoms with Crippen molar-refractivity contribution in [2.45, 2.75) is 20.5 Å². The van der Waals surface area contributed by atoms with Gasteiger partial charge < -0.3 is 9.15 Å². The van der Waals surface area contributed by atoms with Crippen molar-refractivity contribution in [3.05, 3.63) is 41.4 Å². The lowest BCUT2D eigenvalue weighted by atomic mass is 10.1. The average molecular weight is 250 g/mol. The van der Waals surface area contributed by atoms with Crippen molar-refractivity contribution in [1.29, 1.82) is 0 Å². The van der Waals surface area contributed by atoms with Crippen molar-refractivity contribution in [2.24, 2.45) is 0 Å². The van der Waals surface area contributed by atoms with Crippen LogP contribution in [0.5, 0.6) is 5.75 Å². The highest BCUT2D eigenvalue weighted by Gasteiger charge is 2.09. The monoisotopic (exact) mass is 250 g/mol. The normalized spacial score (nSPS) is 10.4. The number of hydrogen-bond donors (Lipinski definition) is 0. The van der Waals surface area contributed by atoms with Crippen molar-refractivity contribution in [1.82, 2.24) is 10.2 Å². The quantitative estimate of drug-likeness (QED) is 0.779.